The van der Waals surface area contributed by atoms with Crippen LogP contribution in [0.1, 0.15) is 5.69 Å². The predicted octanol–water partition coefficient (Wildman–Crippen LogP) is 0.346. The number of piperazine rings is 1. The number of thioether (sulfide) groups is 1. The number of hydrogen-bond donors (Lipinski definition) is 2. The zero-order valence-corrected chi connectivity index (χ0v) is 17.7. The number of aliphatic hydroxyl groups is 1. The summed E-state index contributed by atoms with van der Waals surface area (Å²) in [6.07, 6.45) is 5.03. The molecule has 11 nitrogen and oxygen atoms in total. The van der Waals surface area contributed by atoms with E-state index in [0.717, 1.165) is 11.8 Å². The number of carbonyl (C=O) groups excluding carboxylic acids is 2. The van der Waals surface area contributed by atoms with Gasteiger partial charge in [-0.2, -0.15) is 4.98 Å². The van der Waals surface area contributed by atoms with E-state index >= 15 is 0 Å². The predicted molar refractivity (Wildman–Crippen MR) is 118 cm³/mol. The van der Waals surface area contributed by atoms with E-state index in [4.69, 9.17) is 0 Å². The van der Waals surface area contributed by atoms with E-state index in [0.29, 0.717) is 56.1 Å². The second-order valence-corrected chi connectivity index (χ2v) is 7.99. The van der Waals surface area contributed by atoms with Gasteiger partial charge in [0.15, 0.2) is 0 Å². The molecule has 31 heavy (non-hydrogen) atoms. The average molecular weight is 443 g/mol. The number of aromatic nitrogens is 4. The van der Waals surface area contributed by atoms with Gasteiger partial charge in [0.25, 0.3) is 11.1 Å². The number of nitrogens with zero attached hydrogens (tertiary/aromatic N) is 7. The van der Waals surface area contributed by atoms with Crippen LogP contribution in [0.3, 0.4) is 0 Å². The first-order valence-corrected chi connectivity index (χ1v) is 10.6. The molecule has 0 radical (unpaired) electrons. The van der Waals surface area contributed by atoms with Gasteiger partial charge in [-0.1, -0.05) is 0 Å². The third-order valence-corrected chi connectivity index (χ3v) is 5.68. The summed E-state index contributed by atoms with van der Waals surface area (Å²) in [6.45, 7) is 3.17. The molecule has 2 aliphatic rings. The maximum atomic E-state index is 11.9. The average Bonchev–Trinajstić information content (AvgIpc) is 3.11. The molecule has 0 bridgehead atoms. The fourth-order valence-electron chi connectivity index (χ4n) is 3.23. The number of likely N-dealkylation sites (N-methyl/N-ethyl adjacent to an activating group) is 1. The monoisotopic (exact) mass is 442 g/mol. The highest BCUT2D eigenvalue weighted by molar-refractivity contribution is 8.18. The summed E-state index contributed by atoms with van der Waals surface area (Å²) < 4.78 is 0. The van der Waals surface area contributed by atoms with Crippen molar-refractivity contribution in [1.82, 2.24) is 25.3 Å². The highest BCUT2D eigenvalue weighted by Crippen LogP contribution is 2.27. The lowest BCUT2D eigenvalue weighted by molar-refractivity contribution is -0.115. The van der Waals surface area contributed by atoms with Gasteiger partial charge in [0.1, 0.15) is 5.82 Å². The standard InChI is InChI=1S/C19H22N8O3S/c1-25(9-10-28)15-12-13(11-14-16(29)24-19(30)31-14)22-18(23-15)27-7-5-26(6-8-27)17-20-3-2-4-21-17/h2-4,11-12,28H,5-10H2,1H3,(H,24,29,30)/b14-11+. The van der Waals surface area contributed by atoms with Crippen LogP contribution in [0.5, 0.6) is 0 Å². The van der Waals surface area contributed by atoms with Crippen molar-refractivity contribution in [2.75, 3.05) is 61.1 Å². The van der Waals surface area contributed by atoms with Gasteiger partial charge in [-0.25, -0.2) is 15.0 Å². The van der Waals surface area contributed by atoms with Crippen LogP contribution in [0.2, 0.25) is 0 Å². The molecule has 0 aromatic carbocycles. The molecule has 0 atom stereocenters. The summed E-state index contributed by atoms with van der Waals surface area (Å²) in [5, 5.41) is 11.1. The first-order chi connectivity index (χ1) is 15.0. The lowest BCUT2D eigenvalue weighted by Crippen LogP contribution is -2.47. The number of rotatable bonds is 6. The summed E-state index contributed by atoms with van der Waals surface area (Å²) in [7, 11) is 1.82. The van der Waals surface area contributed by atoms with Crippen LogP contribution in [0.25, 0.3) is 6.08 Å². The van der Waals surface area contributed by atoms with Crippen LogP contribution in [0.4, 0.5) is 22.5 Å². The van der Waals surface area contributed by atoms with Gasteiger partial charge in [0, 0.05) is 58.2 Å². The molecule has 0 saturated carbocycles. The van der Waals surface area contributed by atoms with Gasteiger partial charge in [-0.3, -0.25) is 14.9 Å². The second-order valence-electron chi connectivity index (χ2n) is 6.97. The number of aliphatic hydroxyl groups excluding tert-OH is 1. The molecular weight excluding hydrogens is 420 g/mol. The Labute approximate surface area is 183 Å². The topological polar surface area (TPSA) is 128 Å². The zero-order chi connectivity index (χ0) is 21.8. The van der Waals surface area contributed by atoms with Crippen LogP contribution in [-0.4, -0.2) is 82.6 Å². The molecule has 4 rings (SSSR count). The number of nitrogens with one attached hydrogen (secondary N) is 1. The molecule has 2 amide bonds. The van der Waals surface area contributed by atoms with Crippen molar-refractivity contribution in [3.63, 3.8) is 0 Å². The molecule has 2 fully saturated rings. The van der Waals surface area contributed by atoms with E-state index in [1.165, 1.54) is 0 Å². The molecule has 2 N–H and O–H groups in total. The van der Waals surface area contributed by atoms with Crippen LogP contribution in [0, 0.1) is 0 Å². The zero-order valence-electron chi connectivity index (χ0n) is 16.9. The van der Waals surface area contributed by atoms with Gasteiger partial charge in [-0.05, 0) is 23.9 Å². The Morgan fingerprint density at radius 1 is 1.13 bits per heavy atom. The van der Waals surface area contributed by atoms with Gasteiger partial charge >= 0.3 is 0 Å². The van der Waals surface area contributed by atoms with Gasteiger partial charge in [0.2, 0.25) is 11.9 Å². The van der Waals surface area contributed by atoms with E-state index in [1.807, 2.05) is 11.9 Å². The summed E-state index contributed by atoms with van der Waals surface area (Å²) >= 11 is 0.846. The fraction of sp³-hybridized carbons (Fsp3) is 0.368. The number of imide groups is 1. The number of anilines is 3. The van der Waals surface area contributed by atoms with Crippen molar-refractivity contribution >= 4 is 46.7 Å². The van der Waals surface area contributed by atoms with Crippen molar-refractivity contribution in [3.05, 3.63) is 35.1 Å². The van der Waals surface area contributed by atoms with Crippen molar-refractivity contribution in [3.8, 4) is 0 Å². The first-order valence-electron chi connectivity index (χ1n) is 9.76. The highest BCUT2D eigenvalue weighted by atomic mass is 32.2. The van der Waals surface area contributed by atoms with Crippen LogP contribution in [0.15, 0.2) is 29.4 Å². The third kappa shape index (κ3) is 4.91. The van der Waals surface area contributed by atoms with Crippen LogP contribution in [-0.2, 0) is 4.79 Å². The molecule has 2 aliphatic heterocycles. The van der Waals surface area contributed by atoms with Crippen LogP contribution < -0.4 is 20.0 Å². The highest BCUT2D eigenvalue weighted by Gasteiger charge is 2.26. The summed E-state index contributed by atoms with van der Waals surface area (Å²) in [5.74, 6) is 1.41. The van der Waals surface area contributed by atoms with E-state index in [2.05, 4.69) is 35.1 Å². The largest absolute Gasteiger partial charge is 0.395 e. The molecule has 2 aromatic rings. The summed E-state index contributed by atoms with van der Waals surface area (Å²) in [6, 6.07) is 3.52. The maximum Gasteiger partial charge on any atom is 0.290 e. The number of hydrogen-bond acceptors (Lipinski definition) is 11. The van der Waals surface area contributed by atoms with Crippen LogP contribution >= 0.6 is 11.8 Å². The van der Waals surface area contributed by atoms with Gasteiger partial charge in [0.05, 0.1) is 17.2 Å². The Hall–Kier alpha value is -3.25. The molecule has 0 unspecified atom stereocenters. The molecule has 0 aliphatic carbocycles. The number of carbonyl (C=O) groups is 2. The molecule has 0 spiro atoms. The van der Waals surface area contributed by atoms with Crippen molar-refractivity contribution in [2.24, 2.45) is 0 Å². The minimum Gasteiger partial charge on any atom is -0.395 e. The Bertz CT molecular complexity index is 995. The number of amides is 2. The smallest absolute Gasteiger partial charge is 0.290 e. The molecule has 12 heteroatoms. The lowest BCUT2D eigenvalue weighted by Gasteiger charge is -2.35. The van der Waals surface area contributed by atoms with E-state index in [-0.39, 0.29) is 11.5 Å². The molecule has 4 heterocycles. The van der Waals surface area contributed by atoms with E-state index in [1.54, 1.807) is 30.6 Å². The first kappa shape index (κ1) is 21.0. The normalized spacial score (nSPS) is 17.9. The minimum absolute atomic E-state index is 0.0191. The van der Waals surface area contributed by atoms with Gasteiger partial charge < -0.3 is 19.8 Å². The van der Waals surface area contributed by atoms with E-state index in [9.17, 15) is 14.7 Å². The SMILES string of the molecule is CN(CCO)c1cc(/C=C2/SC(=O)NC2=O)nc(N2CCN(c3ncccn3)CC2)n1. The Morgan fingerprint density at radius 2 is 1.81 bits per heavy atom. The van der Waals surface area contributed by atoms with Crippen molar-refractivity contribution in [2.45, 2.75) is 0 Å². The van der Waals surface area contributed by atoms with E-state index < -0.39 is 11.1 Å². The lowest BCUT2D eigenvalue weighted by atomic mass is 10.3. The Balaban J connectivity index is 1.58. The maximum absolute atomic E-state index is 11.9. The molecular formula is C19H22N8O3S. The molecule has 2 aromatic heterocycles. The molecule has 2 saturated heterocycles. The second kappa shape index (κ2) is 9.27. The van der Waals surface area contributed by atoms with Crippen molar-refractivity contribution in [1.29, 1.82) is 0 Å². The van der Waals surface area contributed by atoms with Crippen molar-refractivity contribution < 1.29 is 14.7 Å². The molecule has 162 valence electrons. The minimum atomic E-state index is -0.433. The Morgan fingerprint density at radius 3 is 2.42 bits per heavy atom. The Kier molecular flexibility index (Phi) is 6.28. The summed E-state index contributed by atoms with van der Waals surface area (Å²) in [4.78, 5) is 47.6. The fourth-order valence-corrected chi connectivity index (χ4v) is 3.90. The quantitative estimate of drug-likeness (QED) is 0.601. The third-order valence-electron chi connectivity index (χ3n) is 4.87. The summed E-state index contributed by atoms with van der Waals surface area (Å²) in [5.41, 5.74) is 0.519. The van der Waals surface area contributed by atoms with Gasteiger partial charge in [-0.15, -0.1) is 0 Å².